The molecule has 0 saturated heterocycles. The first-order valence-corrected chi connectivity index (χ1v) is 11.5. The Balaban J connectivity index is 1.46. The van der Waals surface area contributed by atoms with E-state index in [1.165, 1.54) is 10.9 Å². The molecule has 15 heteroatoms. The predicted molar refractivity (Wildman–Crippen MR) is 119 cm³/mol. The van der Waals surface area contributed by atoms with Gasteiger partial charge < -0.3 is 10.1 Å². The molecule has 1 unspecified atom stereocenters. The summed E-state index contributed by atoms with van der Waals surface area (Å²) in [5.41, 5.74) is -1.56. The second-order valence-corrected chi connectivity index (χ2v) is 9.74. The fourth-order valence-corrected chi connectivity index (χ4v) is 3.60. The Hall–Kier alpha value is -3.49. The van der Waals surface area contributed by atoms with Gasteiger partial charge in [-0.15, -0.1) is 15.3 Å². The fraction of sp³-hybridized carbons (Fsp3) is 0.476. The van der Waals surface area contributed by atoms with E-state index < -0.39 is 35.4 Å². The number of halogens is 4. The number of aromatic nitrogens is 6. The van der Waals surface area contributed by atoms with Gasteiger partial charge in [0, 0.05) is 12.6 Å². The van der Waals surface area contributed by atoms with E-state index in [4.69, 9.17) is 4.74 Å². The zero-order chi connectivity index (χ0) is 26.5. The maximum absolute atomic E-state index is 14.4. The van der Waals surface area contributed by atoms with Crippen LogP contribution in [0.3, 0.4) is 0 Å². The molecule has 0 aliphatic heterocycles. The number of ether oxygens (including phenoxy) is 1. The molecule has 3 rings (SSSR count). The van der Waals surface area contributed by atoms with Crippen LogP contribution < -0.4 is 5.32 Å². The van der Waals surface area contributed by atoms with Crippen LogP contribution in [0.5, 0.6) is 0 Å². The molecule has 1 N–H and O–H groups in total. The maximum atomic E-state index is 14.4. The number of rotatable bonds is 9. The molecule has 1 amide bonds. The van der Waals surface area contributed by atoms with Gasteiger partial charge in [0.05, 0.1) is 30.5 Å². The van der Waals surface area contributed by atoms with Crippen LogP contribution in [-0.4, -0.2) is 53.8 Å². The fourth-order valence-electron chi connectivity index (χ4n) is 2.83. The predicted octanol–water partition coefficient (Wildman–Crippen LogP) is 3.40. The van der Waals surface area contributed by atoms with Gasteiger partial charge in [-0.2, -0.15) is 13.2 Å². The van der Waals surface area contributed by atoms with Crippen LogP contribution in [0, 0.1) is 0 Å². The van der Waals surface area contributed by atoms with Crippen molar-refractivity contribution in [3.63, 3.8) is 0 Å². The average molecular weight is 530 g/mol. The van der Waals surface area contributed by atoms with Crippen LogP contribution in [-0.2, 0) is 30.4 Å². The summed E-state index contributed by atoms with van der Waals surface area (Å²) >= 11 is 0.948. The largest absolute Gasteiger partial charge is 0.455 e. The molecule has 1 atom stereocenters. The van der Waals surface area contributed by atoms with Gasteiger partial charge in [0.25, 0.3) is 5.91 Å². The molecule has 0 aromatic carbocycles. The molecule has 0 fully saturated rings. The number of hydrogen-bond donors (Lipinski definition) is 1. The quantitative estimate of drug-likeness (QED) is 0.330. The monoisotopic (exact) mass is 529 g/mol. The van der Waals surface area contributed by atoms with E-state index >= 15 is 0 Å². The Morgan fingerprint density at radius 2 is 1.94 bits per heavy atom. The second kappa shape index (κ2) is 11.1. The zero-order valence-electron chi connectivity index (χ0n) is 19.5. The van der Waals surface area contributed by atoms with Gasteiger partial charge in [-0.05, 0) is 39.3 Å². The molecule has 36 heavy (non-hydrogen) atoms. The second-order valence-electron chi connectivity index (χ2n) is 8.68. The third-order valence-electron chi connectivity index (χ3n) is 4.44. The number of nitrogens with one attached hydrogen (secondary N) is 1. The molecular weight excluding hydrogens is 506 g/mol. The molecule has 0 bridgehead atoms. The van der Waals surface area contributed by atoms with E-state index in [9.17, 15) is 27.2 Å². The van der Waals surface area contributed by atoms with Gasteiger partial charge in [-0.25, -0.2) is 13.9 Å². The standard InChI is InChI=1S/C21H23F4N7O3S/c1-20(2,3)35-19(34)15-11-32(31-28-15)10-13(22)4-5-16-29-30-18(36-16)17(33)27-9-14-8-12(6-7-26-14)21(23,24)25/h6-8,11,13H,4-5,9-10H2,1-3H3,(H,27,33). The summed E-state index contributed by atoms with van der Waals surface area (Å²) in [6.45, 7) is 4.76. The Morgan fingerprint density at radius 1 is 1.19 bits per heavy atom. The number of carbonyl (C=O) groups excluding carboxylic acids is 2. The Morgan fingerprint density at radius 3 is 2.64 bits per heavy atom. The summed E-state index contributed by atoms with van der Waals surface area (Å²) in [6.07, 6.45) is -3.31. The molecule has 0 aliphatic carbocycles. The minimum absolute atomic E-state index is 0.00865. The highest BCUT2D eigenvalue weighted by atomic mass is 32.1. The van der Waals surface area contributed by atoms with Crippen LogP contribution in [0.25, 0.3) is 0 Å². The minimum atomic E-state index is -4.52. The summed E-state index contributed by atoms with van der Waals surface area (Å²) in [6, 6.07) is 1.68. The minimum Gasteiger partial charge on any atom is -0.455 e. The number of pyridine rings is 1. The summed E-state index contributed by atoms with van der Waals surface area (Å²) in [4.78, 5) is 28.0. The van der Waals surface area contributed by atoms with Crippen molar-refractivity contribution in [2.24, 2.45) is 0 Å². The molecule has 0 radical (unpaired) electrons. The molecule has 3 aromatic rings. The van der Waals surface area contributed by atoms with Crippen molar-refractivity contribution in [3.8, 4) is 0 Å². The lowest BCUT2D eigenvalue weighted by atomic mass is 10.2. The number of alkyl halides is 4. The van der Waals surface area contributed by atoms with Crippen molar-refractivity contribution in [2.75, 3.05) is 0 Å². The number of esters is 1. The highest BCUT2D eigenvalue weighted by Gasteiger charge is 2.30. The highest BCUT2D eigenvalue weighted by molar-refractivity contribution is 7.13. The first kappa shape index (κ1) is 27.1. The smallest absolute Gasteiger partial charge is 0.416 e. The lowest BCUT2D eigenvalue weighted by molar-refractivity contribution is -0.137. The molecule has 0 saturated carbocycles. The van der Waals surface area contributed by atoms with Crippen molar-refractivity contribution >= 4 is 23.2 Å². The number of carbonyl (C=O) groups is 2. The molecule has 10 nitrogen and oxygen atoms in total. The average Bonchev–Trinajstić information content (AvgIpc) is 3.44. The van der Waals surface area contributed by atoms with Crippen molar-refractivity contribution in [3.05, 3.63) is 51.5 Å². The molecule has 3 aromatic heterocycles. The molecule has 194 valence electrons. The van der Waals surface area contributed by atoms with Gasteiger partial charge in [-0.3, -0.25) is 9.78 Å². The van der Waals surface area contributed by atoms with Crippen molar-refractivity contribution in [1.29, 1.82) is 0 Å². The van der Waals surface area contributed by atoms with E-state index in [0.29, 0.717) is 5.01 Å². The topological polar surface area (TPSA) is 125 Å². The molecule has 0 spiro atoms. The lowest BCUT2D eigenvalue weighted by Crippen LogP contribution is -2.24. The SMILES string of the molecule is CC(C)(C)OC(=O)c1cn(CC(F)CCc2nnc(C(=O)NCc3cc(C(F)(F)F)ccn3)s2)nn1. The number of nitrogens with zero attached hydrogens (tertiary/aromatic N) is 6. The van der Waals surface area contributed by atoms with Crippen molar-refractivity contribution < 1.29 is 31.9 Å². The first-order chi connectivity index (χ1) is 16.8. The highest BCUT2D eigenvalue weighted by Crippen LogP contribution is 2.29. The summed E-state index contributed by atoms with van der Waals surface area (Å²) in [5.74, 6) is -1.29. The molecular formula is C21H23F4N7O3S. The number of hydrogen-bond acceptors (Lipinski definition) is 9. The van der Waals surface area contributed by atoms with Gasteiger partial charge >= 0.3 is 12.1 Å². The van der Waals surface area contributed by atoms with Crippen molar-refractivity contribution in [2.45, 2.75) is 64.7 Å². The summed E-state index contributed by atoms with van der Waals surface area (Å²) < 4.78 is 59.2. The number of aryl methyl sites for hydroxylation is 1. The first-order valence-electron chi connectivity index (χ1n) is 10.7. The van der Waals surface area contributed by atoms with Gasteiger partial charge in [0.15, 0.2) is 5.69 Å². The normalized spacial score (nSPS) is 12.9. The third kappa shape index (κ3) is 8.03. The third-order valence-corrected chi connectivity index (χ3v) is 5.42. The van der Waals surface area contributed by atoms with Gasteiger partial charge in [-0.1, -0.05) is 16.6 Å². The van der Waals surface area contributed by atoms with Crippen LogP contribution in [0.2, 0.25) is 0 Å². The van der Waals surface area contributed by atoms with Crippen LogP contribution >= 0.6 is 11.3 Å². The van der Waals surface area contributed by atoms with E-state index in [1.54, 1.807) is 20.8 Å². The van der Waals surface area contributed by atoms with Gasteiger partial charge in [0.2, 0.25) is 5.01 Å². The van der Waals surface area contributed by atoms with Crippen LogP contribution in [0.4, 0.5) is 17.6 Å². The Labute approximate surface area is 207 Å². The van der Waals surface area contributed by atoms with E-state index in [1.807, 2.05) is 0 Å². The van der Waals surface area contributed by atoms with Crippen LogP contribution in [0.15, 0.2) is 24.5 Å². The Bertz CT molecular complexity index is 1210. The Kier molecular flexibility index (Phi) is 8.32. The maximum Gasteiger partial charge on any atom is 0.416 e. The van der Waals surface area contributed by atoms with Crippen molar-refractivity contribution in [1.82, 2.24) is 35.5 Å². The summed E-state index contributed by atoms with van der Waals surface area (Å²) in [7, 11) is 0. The van der Waals surface area contributed by atoms with E-state index in [2.05, 4.69) is 30.8 Å². The van der Waals surface area contributed by atoms with E-state index in [-0.39, 0.29) is 42.3 Å². The molecule has 0 aliphatic rings. The number of amides is 1. The van der Waals surface area contributed by atoms with Crippen LogP contribution in [0.1, 0.15) is 63.7 Å². The van der Waals surface area contributed by atoms with Gasteiger partial charge in [0.1, 0.15) is 16.8 Å². The lowest BCUT2D eigenvalue weighted by Gasteiger charge is -2.18. The summed E-state index contributed by atoms with van der Waals surface area (Å²) in [5, 5.41) is 17.9. The zero-order valence-corrected chi connectivity index (χ0v) is 20.4. The molecule has 3 heterocycles. The van der Waals surface area contributed by atoms with E-state index in [0.717, 1.165) is 29.7 Å².